The van der Waals surface area contributed by atoms with E-state index < -0.39 is 0 Å². The molecule has 4 heteroatoms. The number of imidazole rings is 1. The van der Waals surface area contributed by atoms with Crippen LogP contribution in [0, 0.1) is 5.82 Å². The van der Waals surface area contributed by atoms with E-state index in [0.717, 1.165) is 12.0 Å². The third-order valence-electron chi connectivity index (χ3n) is 3.84. The molecule has 1 aromatic carbocycles. The Balaban J connectivity index is 1.63. The molecular formula is C15H18FN3. The molecule has 2 unspecified atom stereocenters. The summed E-state index contributed by atoms with van der Waals surface area (Å²) in [5.41, 5.74) is 0.997. The van der Waals surface area contributed by atoms with Crippen LogP contribution in [0.5, 0.6) is 0 Å². The van der Waals surface area contributed by atoms with Gasteiger partial charge in [-0.25, -0.2) is 9.37 Å². The minimum Gasteiger partial charge on any atom is -0.333 e. The maximum atomic E-state index is 13.1. The van der Waals surface area contributed by atoms with Crippen molar-refractivity contribution in [3.63, 3.8) is 0 Å². The summed E-state index contributed by atoms with van der Waals surface area (Å²) in [5.74, 6) is -0.170. The van der Waals surface area contributed by atoms with Gasteiger partial charge in [0.2, 0.25) is 0 Å². The Bertz CT molecular complexity index is 524. The molecule has 2 atom stereocenters. The van der Waals surface area contributed by atoms with Crippen LogP contribution >= 0.6 is 0 Å². The van der Waals surface area contributed by atoms with E-state index >= 15 is 0 Å². The normalized spacial score (nSPS) is 22.8. The molecule has 1 aromatic heterocycles. The minimum atomic E-state index is -0.170. The quantitative estimate of drug-likeness (QED) is 0.915. The largest absolute Gasteiger partial charge is 0.333 e. The summed E-state index contributed by atoms with van der Waals surface area (Å²) in [7, 11) is 0. The first kappa shape index (κ1) is 12.4. The number of hydrogen-bond donors (Lipinski definition) is 1. The van der Waals surface area contributed by atoms with Gasteiger partial charge in [-0.3, -0.25) is 0 Å². The average molecular weight is 259 g/mol. The predicted molar refractivity (Wildman–Crippen MR) is 72.1 cm³/mol. The smallest absolute Gasteiger partial charge is 0.123 e. The first-order chi connectivity index (χ1) is 9.33. The molecule has 1 aliphatic rings. The van der Waals surface area contributed by atoms with Crippen LogP contribution in [0.25, 0.3) is 0 Å². The van der Waals surface area contributed by atoms with Gasteiger partial charge in [0, 0.05) is 31.0 Å². The number of nitrogens with zero attached hydrogens (tertiary/aromatic N) is 2. The molecule has 0 saturated heterocycles. The highest BCUT2D eigenvalue weighted by atomic mass is 19.1. The van der Waals surface area contributed by atoms with Gasteiger partial charge < -0.3 is 9.88 Å². The molecule has 1 fully saturated rings. The third kappa shape index (κ3) is 2.84. The second-order valence-corrected chi connectivity index (χ2v) is 5.13. The molecule has 0 spiro atoms. The summed E-state index contributed by atoms with van der Waals surface area (Å²) >= 11 is 0. The zero-order valence-corrected chi connectivity index (χ0v) is 10.8. The van der Waals surface area contributed by atoms with Gasteiger partial charge in [-0.2, -0.15) is 0 Å². The van der Waals surface area contributed by atoms with E-state index in [0.29, 0.717) is 18.6 Å². The molecule has 3 rings (SSSR count). The third-order valence-corrected chi connectivity index (χ3v) is 3.84. The Kier molecular flexibility index (Phi) is 3.60. The van der Waals surface area contributed by atoms with E-state index in [2.05, 4.69) is 14.9 Å². The van der Waals surface area contributed by atoms with Crippen LogP contribution in [0.1, 0.15) is 30.9 Å². The minimum absolute atomic E-state index is 0.170. The summed E-state index contributed by atoms with van der Waals surface area (Å²) in [6.07, 6.45) is 9.29. The van der Waals surface area contributed by atoms with Crippen LogP contribution in [-0.4, -0.2) is 15.6 Å². The van der Waals surface area contributed by atoms with Crippen molar-refractivity contribution in [3.8, 4) is 0 Å². The van der Waals surface area contributed by atoms with E-state index in [9.17, 15) is 4.39 Å². The highest BCUT2D eigenvalue weighted by molar-refractivity contribution is 5.16. The van der Waals surface area contributed by atoms with Crippen LogP contribution in [0.4, 0.5) is 4.39 Å². The van der Waals surface area contributed by atoms with Crippen LogP contribution in [0.2, 0.25) is 0 Å². The molecule has 2 aromatic rings. The molecule has 0 bridgehead atoms. The average Bonchev–Trinajstić information content (AvgIpc) is 3.07. The van der Waals surface area contributed by atoms with E-state index in [-0.39, 0.29) is 5.82 Å². The molecule has 0 aliphatic heterocycles. The lowest BCUT2D eigenvalue weighted by Crippen LogP contribution is -2.33. The Labute approximate surface area is 112 Å². The molecular weight excluding hydrogens is 241 g/mol. The Morgan fingerprint density at radius 3 is 3.11 bits per heavy atom. The van der Waals surface area contributed by atoms with E-state index in [1.165, 1.54) is 18.9 Å². The standard InChI is InChI=1S/C15H18FN3/c16-13-4-1-3-12(9-13)10-18-14-5-2-6-15(14)19-8-7-17-11-19/h1,3-4,7-9,11,14-15,18H,2,5-6,10H2. The highest BCUT2D eigenvalue weighted by Crippen LogP contribution is 2.30. The molecule has 1 saturated carbocycles. The van der Waals surface area contributed by atoms with Crippen LogP contribution < -0.4 is 5.32 Å². The topological polar surface area (TPSA) is 29.9 Å². The van der Waals surface area contributed by atoms with E-state index in [1.54, 1.807) is 12.1 Å². The van der Waals surface area contributed by atoms with Gasteiger partial charge in [0.15, 0.2) is 0 Å². The maximum absolute atomic E-state index is 13.1. The Morgan fingerprint density at radius 2 is 2.32 bits per heavy atom. The summed E-state index contributed by atoms with van der Waals surface area (Å²) in [6.45, 7) is 0.716. The number of hydrogen-bond acceptors (Lipinski definition) is 2. The van der Waals surface area contributed by atoms with Crippen LogP contribution in [0.15, 0.2) is 43.0 Å². The van der Waals surface area contributed by atoms with Crippen LogP contribution in [0.3, 0.4) is 0 Å². The summed E-state index contributed by atoms with van der Waals surface area (Å²) in [5, 5.41) is 3.55. The fourth-order valence-electron chi connectivity index (χ4n) is 2.90. The Morgan fingerprint density at radius 1 is 1.37 bits per heavy atom. The number of nitrogens with one attached hydrogen (secondary N) is 1. The first-order valence-corrected chi connectivity index (χ1v) is 6.78. The second-order valence-electron chi connectivity index (χ2n) is 5.13. The van der Waals surface area contributed by atoms with Crippen molar-refractivity contribution in [1.29, 1.82) is 0 Å². The van der Waals surface area contributed by atoms with Crippen molar-refractivity contribution in [3.05, 3.63) is 54.4 Å². The van der Waals surface area contributed by atoms with Crippen LogP contribution in [-0.2, 0) is 6.54 Å². The molecule has 3 nitrogen and oxygen atoms in total. The van der Waals surface area contributed by atoms with E-state index in [1.807, 2.05) is 24.8 Å². The van der Waals surface area contributed by atoms with Gasteiger partial charge in [-0.05, 0) is 37.0 Å². The lowest BCUT2D eigenvalue weighted by molar-refractivity contribution is 0.390. The van der Waals surface area contributed by atoms with Gasteiger partial charge in [-0.1, -0.05) is 12.1 Å². The van der Waals surface area contributed by atoms with Gasteiger partial charge in [-0.15, -0.1) is 0 Å². The fourth-order valence-corrected chi connectivity index (χ4v) is 2.90. The Hall–Kier alpha value is -1.68. The van der Waals surface area contributed by atoms with Gasteiger partial charge in [0.1, 0.15) is 5.82 Å². The van der Waals surface area contributed by atoms with Crippen molar-refractivity contribution in [2.24, 2.45) is 0 Å². The molecule has 100 valence electrons. The lowest BCUT2D eigenvalue weighted by Gasteiger charge is -2.22. The first-order valence-electron chi connectivity index (χ1n) is 6.78. The molecule has 0 radical (unpaired) electrons. The fraction of sp³-hybridized carbons (Fsp3) is 0.400. The summed E-state index contributed by atoms with van der Waals surface area (Å²) < 4.78 is 15.3. The number of halogens is 1. The lowest BCUT2D eigenvalue weighted by atomic mass is 10.1. The second kappa shape index (κ2) is 5.53. The molecule has 1 N–H and O–H groups in total. The predicted octanol–water partition coefficient (Wildman–Crippen LogP) is 2.91. The molecule has 1 heterocycles. The number of aromatic nitrogens is 2. The van der Waals surface area contributed by atoms with Gasteiger partial charge in [0.05, 0.1) is 6.33 Å². The van der Waals surface area contributed by atoms with Crippen molar-refractivity contribution >= 4 is 0 Å². The highest BCUT2D eigenvalue weighted by Gasteiger charge is 2.27. The maximum Gasteiger partial charge on any atom is 0.123 e. The van der Waals surface area contributed by atoms with Gasteiger partial charge in [0.25, 0.3) is 0 Å². The molecule has 19 heavy (non-hydrogen) atoms. The van der Waals surface area contributed by atoms with E-state index in [4.69, 9.17) is 0 Å². The number of benzene rings is 1. The zero-order chi connectivity index (χ0) is 13.1. The molecule has 1 aliphatic carbocycles. The number of rotatable bonds is 4. The van der Waals surface area contributed by atoms with Crippen molar-refractivity contribution < 1.29 is 4.39 Å². The SMILES string of the molecule is Fc1cccc(CNC2CCCC2n2ccnc2)c1. The molecule has 0 amide bonds. The van der Waals surface area contributed by atoms with Gasteiger partial charge >= 0.3 is 0 Å². The zero-order valence-electron chi connectivity index (χ0n) is 10.8. The van der Waals surface area contributed by atoms with Crippen molar-refractivity contribution in [2.45, 2.75) is 37.9 Å². The van der Waals surface area contributed by atoms with Crippen molar-refractivity contribution in [2.75, 3.05) is 0 Å². The van der Waals surface area contributed by atoms with Crippen molar-refractivity contribution in [1.82, 2.24) is 14.9 Å². The monoisotopic (exact) mass is 259 g/mol. The summed E-state index contributed by atoms with van der Waals surface area (Å²) in [6, 6.07) is 7.70. The summed E-state index contributed by atoms with van der Waals surface area (Å²) in [4.78, 5) is 4.12.